The molecule has 1 N–H and O–H groups in total. The van der Waals surface area contributed by atoms with Gasteiger partial charge in [-0.1, -0.05) is 0 Å². The summed E-state index contributed by atoms with van der Waals surface area (Å²) in [4.78, 5) is 28.8. The second-order valence-corrected chi connectivity index (χ2v) is 8.30. The number of pyridine rings is 2. The molecule has 1 aliphatic rings. The van der Waals surface area contributed by atoms with Crippen molar-refractivity contribution in [2.24, 2.45) is 0 Å². The zero-order chi connectivity index (χ0) is 25.3. The van der Waals surface area contributed by atoms with Gasteiger partial charge in [-0.25, -0.2) is 28.4 Å². The van der Waals surface area contributed by atoms with Gasteiger partial charge < -0.3 is 5.32 Å². The summed E-state index contributed by atoms with van der Waals surface area (Å²) in [5.41, 5.74) is -3.02. The number of halogens is 5. The lowest BCUT2D eigenvalue weighted by Crippen LogP contribution is -2.45. The zero-order valence-corrected chi connectivity index (χ0v) is 18.5. The van der Waals surface area contributed by atoms with Crippen molar-refractivity contribution < 1.29 is 26.7 Å². The molecule has 1 atom stereocenters. The van der Waals surface area contributed by atoms with Crippen molar-refractivity contribution in [2.75, 3.05) is 5.32 Å². The predicted molar refractivity (Wildman–Crippen MR) is 113 cm³/mol. The van der Waals surface area contributed by atoms with Gasteiger partial charge in [-0.15, -0.1) is 0 Å². The molecule has 1 amide bonds. The molecule has 0 saturated carbocycles. The van der Waals surface area contributed by atoms with Crippen molar-refractivity contribution in [1.82, 2.24) is 29.7 Å². The largest absolute Gasteiger partial charge is 0.407 e. The third-order valence-corrected chi connectivity index (χ3v) is 6.04. The summed E-state index contributed by atoms with van der Waals surface area (Å²) in [7, 11) is 0. The molecule has 0 fully saturated rings. The molecule has 5 heterocycles. The Labute approximate surface area is 194 Å². The first-order valence-electron chi connectivity index (χ1n) is 10.3. The fourth-order valence-electron chi connectivity index (χ4n) is 4.10. The standard InChI is InChI=1S/C22H16F5N7O/c1-9-13(24)7-11-16(33-34(19(11)30-9)8-14-12(23)5-4-6-28-14)18-29-10(2)15-17(31-18)32-20(35)21(15,3)22(25,26)27/h4-7H,8H2,1-3H3,(H,29,31,32,35). The number of aromatic nitrogens is 6. The lowest BCUT2D eigenvalue weighted by molar-refractivity contribution is -0.186. The zero-order valence-electron chi connectivity index (χ0n) is 18.5. The highest BCUT2D eigenvalue weighted by atomic mass is 19.4. The average Bonchev–Trinajstić information content (AvgIpc) is 3.25. The van der Waals surface area contributed by atoms with Crippen LogP contribution in [0.1, 0.15) is 29.6 Å². The number of carbonyl (C=O) groups excluding carboxylic acids is 1. The number of anilines is 1. The normalized spacial score (nSPS) is 17.7. The Balaban J connectivity index is 1.71. The molecule has 0 saturated heterocycles. The number of aryl methyl sites for hydroxylation is 2. The fraction of sp³-hybridized carbons (Fsp3) is 0.273. The van der Waals surface area contributed by atoms with Crippen LogP contribution in [-0.4, -0.2) is 41.8 Å². The Morgan fingerprint density at radius 2 is 1.83 bits per heavy atom. The highest BCUT2D eigenvalue weighted by molar-refractivity contribution is 6.06. The first-order valence-corrected chi connectivity index (χ1v) is 10.3. The summed E-state index contributed by atoms with van der Waals surface area (Å²) >= 11 is 0. The highest BCUT2D eigenvalue weighted by Gasteiger charge is 2.63. The van der Waals surface area contributed by atoms with Crippen LogP contribution in [0.25, 0.3) is 22.6 Å². The number of amides is 1. The molecule has 0 bridgehead atoms. The van der Waals surface area contributed by atoms with Gasteiger partial charge in [0.25, 0.3) is 0 Å². The fourth-order valence-corrected chi connectivity index (χ4v) is 4.10. The molecule has 13 heteroatoms. The monoisotopic (exact) mass is 489 g/mol. The Morgan fingerprint density at radius 1 is 1.09 bits per heavy atom. The second kappa shape index (κ2) is 7.48. The maximum Gasteiger partial charge on any atom is 0.407 e. The summed E-state index contributed by atoms with van der Waals surface area (Å²) in [6.07, 6.45) is -3.49. The number of nitrogens with one attached hydrogen (secondary N) is 1. The van der Waals surface area contributed by atoms with Crippen LogP contribution in [0.5, 0.6) is 0 Å². The van der Waals surface area contributed by atoms with Gasteiger partial charge in [0.1, 0.15) is 23.1 Å². The van der Waals surface area contributed by atoms with E-state index in [2.05, 4.69) is 30.4 Å². The van der Waals surface area contributed by atoms with E-state index in [9.17, 15) is 26.7 Å². The van der Waals surface area contributed by atoms with Crippen molar-refractivity contribution >= 4 is 22.8 Å². The summed E-state index contributed by atoms with van der Waals surface area (Å²) in [6.45, 7) is 3.36. The average molecular weight is 489 g/mol. The summed E-state index contributed by atoms with van der Waals surface area (Å²) in [5.74, 6) is -2.98. The van der Waals surface area contributed by atoms with Gasteiger partial charge in [0.15, 0.2) is 16.9 Å². The molecular formula is C22H16F5N7O. The van der Waals surface area contributed by atoms with E-state index in [4.69, 9.17) is 0 Å². The molecule has 4 aromatic heterocycles. The van der Waals surface area contributed by atoms with E-state index >= 15 is 0 Å². The third-order valence-electron chi connectivity index (χ3n) is 6.04. The number of fused-ring (bicyclic) bond motifs is 2. The summed E-state index contributed by atoms with van der Waals surface area (Å²) < 4.78 is 71.3. The Hall–Kier alpha value is -4.03. The molecule has 4 aromatic rings. The van der Waals surface area contributed by atoms with Gasteiger partial charge in [-0.3, -0.25) is 9.78 Å². The molecule has 0 aromatic carbocycles. The molecule has 0 aliphatic carbocycles. The number of nitrogens with zero attached hydrogens (tertiary/aromatic N) is 6. The smallest absolute Gasteiger partial charge is 0.309 e. The Morgan fingerprint density at radius 3 is 2.51 bits per heavy atom. The molecule has 1 aliphatic heterocycles. The Kier molecular flexibility index (Phi) is 4.86. The van der Waals surface area contributed by atoms with Crippen molar-refractivity contribution in [3.8, 4) is 11.5 Å². The minimum Gasteiger partial charge on any atom is -0.309 e. The lowest BCUT2D eigenvalue weighted by Gasteiger charge is -2.25. The van der Waals surface area contributed by atoms with Gasteiger partial charge in [0, 0.05) is 17.5 Å². The van der Waals surface area contributed by atoms with Crippen LogP contribution >= 0.6 is 0 Å². The number of alkyl halides is 3. The van der Waals surface area contributed by atoms with E-state index in [0.29, 0.717) is 0 Å². The Bertz CT molecular complexity index is 1530. The van der Waals surface area contributed by atoms with Crippen LogP contribution in [0.3, 0.4) is 0 Å². The number of hydrogen-bond donors (Lipinski definition) is 1. The van der Waals surface area contributed by atoms with E-state index in [1.165, 1.54) is 36.9 Å². The van der Waals surface area contributed by atoms with E-state index in [-0.39, 0.29) is 52.0 Å². The number of carbonyl (C=O) groups is 1. The van der Waals surface area contributed by atoms with Crippen molar-refractivity contribution in [2.45, 2.75) is 38.9 Å². The molecule has 5 rings (SSSR count). The molecule has 1 unspecified atom stereocenters. The number of rotatable bonds is 3. The van der Waals surface area contributed by atoms with Gasteiger partial charge in [0.2, 0.25) is 5.91 Å². The van der Waals surface area contributed by atoms with Crippen LogP contribution in [0.4, 0.5) is 27.8 Å². The second-order valence-electron chi connectivity index (χ2n) is 8.30. The molecule has 8 nitrogen and oxygen atoms in total. The summed E-state index contributed by atoms with van der Waals surface area (Å²) in [6, 6.07) is 3.80. The quantitative estimate of drug-likeness (QED) is 0.437. The third kappa shape index (κ3) is 3.33. The van der Waals surface area contributed by atoms with Crippen LogP contribution in [0.2, 0.25) is 0 Å². The van der Waals surface area contributed by atoms with E-state index in [1.807, 2.05) is 0 Å². The van der Waals surface area contributed by atoms with Gasteiger partial charge >= 0.3 is 6.18 Å². The van der Waals surface area contributed by atoms with Crippen LogP contribution in [0, 0.1) is 25.5 Å². The van der Waals surface area contributed by atoms with Crippen molar-refractivity contribution in [1.29, 1.82) is 0 Å². The molecule has 35 heavy (non-hydrogen) atoms. The maximum atomic E-state index is 14.4. The van der Waals surface area contributed by atoms with E-state index < -0.39 is 34.7 Å². The molecule has 0 spiro atoms. The summed E-state index contributed by atoms with van der Waals surface area (Å²) in [5, 5.41) is 6.70. The van der Waals surface area contributed by atoms with Gasteiger partial charge in [0.05, 0.1) is 23.3 Å². The molecular weight excluding hydrogens is 473 g/mol. The number of hydrogen-bond acceptors (Lipinski definition) is 6. The van der Waals surface area contributed by atoms with E-state index in [1.54, 1.807) is 0 Å². The minimum atomic E-state index is -4.89. The highest BCUT2D eigenvalue weighted by Crippen LogP contribution is 2.49. The van der Waals surface area contributed by atoms with Crippen LogP contribution in [0.15, 0.2) is 24.4 Å². The first kappa shape index (κ1) is 22.7. The lowest BCUT2D eigenvalue weighted by atomic mass is 9.83. The minimum absolute atomic E-state index is 0.00324. The topological polar surface area (TPSA) is 98.5 Å². The van der Waals surface area contributed by atoms with Crippen molar-refractivity contribution in [3.05, 3.63) is 58.7 Å². The van der Waals surface area contributed by atoms with Crippen molar-refractivity contribution in [3.63, 3.8) is 0 Å². The predicted octanol–water partition coefficient (Wildman–Crippen LogP) is 4.00. The molecule has 0 radical (unpaired) electrons. The first-order chi connectivity index (χ1) is 16.4. The van der Waals surface area contributed by atoms with Crippen LogP contribution < -0.4 is 5.32 Å². The SMILES string of the molecule is Cc1nc2c(cc1F)c(-c1nc(C)c3c(n1)NC(=O)C3(C)C(F)(F)F)nn2Cc1ncccc1F. The van der Waals surface area contributed by atoms with Gasteiger partial charge in [-0.05, 0) is 39.0 Å². The van der Waals surface area contributed by atoms with E-state index in [0.717, 1.165) is 13.0 Å². The maximum absolute atomic E-state index is 14.4. The van der Waals surface area contributed by atoms with Gasteiger partial charge in [-0.2, -0.15) is 18.3 Å². The van der Waals surface area contributed by atoms with Crippen LogP contribution in [-0.2, 0) is 16.8 Å². The molecule has 180 valence electrons.